The maximum Gasteiger partial charge on any atom is 0.237 e. The predicted octanol–water partition coefficient (Wildman–Crippen LogP) is 6.39. The Balaban J connectivity index is 1.60. The van der Waals surface area contributed by atoms with Gasteiger partial charge in [0.25, 0.3) is 0 Å². The molecule has 0 N–H and O–H groups in total. The van der Waals surface area contributed by atoms with Gasteiger partial charge in [0.05, 0.1) is 16.5 Å². The van der Waals surface area contributed by atoms with Crippen molar-refractivity contribution in [1.82, 2.24) is 14.7 Å². The Labute approximate surface area is 202 Å². The van der Waals surface area contributed by atoms with Gasteiger partial charge in [0.2, 0.25) is 17.1 Å². The summed E-state index contributed by atoms with van der Waals surface area (Å²) in [6, 6.07) is 23.5. The molecule has 0 atom stereocenters. The van der Waals surface area contributed by atoms with Gasteiger partial charge in [0.15, 0.2) is 0 Å². The fourth-order valence-electron chi connectivity index (χ4n) is 4.10. The van der Waals surface area contributed by atoms with Crippen LogP contribution in [0.5, 0.6) is 0 Å². The van der Waals surface area contributed by atoms with Gasteiger partial charge < -0.3 is 9.09 Å². The van der Waals surface area contributed by atoms with E-state index in [-0.39, 0.29) is 11.3 Å². The van der Waals surface area contributed by atoms with Crippen LogP contribution >= 0.6 is 11.6 Å². The van der Waals surface area contributed by atoms with E-state index in [2.05, 4.69) is 41.3 Å². The van der Waals surface area contributed by atoms with Crippen LogP contribution in [0.2, 0.25) is 5.02 Å². The number of rotatable bonds is 5. The lowest BCUT2D eigenvalue weighted by Crippen LogP contribution is -2.19. The van der Waals surface area contributed by atoms with E-state index in [0.29, 0.717) is 28.4 Å². The number of hydrogen-bond acceptors (Lipinski definition) is 4. The van der Waals surface area contributed by atoms with Gasteiger partial charge in [-0.15, -0.1) is 0 Å². The highest BCUT2D eigenvalue weighted by Gasteiger charge is 2.30. The van der Waals surface area contributed by atoms with Crippen LogP contribution in [0.4, 0.5) is 0 Å². The molecule has 6 heteroatoms. The van der Waals surface area contributed by atoms with Gasteiger partial charge in [-0.1, -0.05) is 70.9 Å². The Morgan fingerprint density at radius 1 is 0.971 bits per heavy atom. The monoisotopic (exact) mass is 469 g/mol. The first kappa shape index (κ1) is 22.1. The van der Waals surface area contributed by atoms with Gasteiger partial charge in [-0.05, 0) is 56.2 Å². The fraction of sp³-hybridized carbons (Fsp3) is 0.179. The molecule has 0 aliphatic carbocycles. The molecule has 0 fully saturated rings. The number of halogens is 1. The standard InChI is InChI=1S/C28H24ClN3O2/c1-18-8-12-20(13-9-18)28(2,3)27-30-26(31-34-27)23-17-32(16-19-10-14-21(29)15-11-19)24-7-5-4-6-22(24)25(23)33/h4-15,17H,16H2,1-3H3. The summed E-state index contributed by atoms with van der Waals surface area (Å²) in [5.41, 5.74) is 3.94. The van der Waals surface area contributed by atoms with Gasteiger partial charge >= 0.3 is 0 Å². The van der Waals surface area contributed by atoms with E-state index >= 15 is 0 Å². The second-order valence-corrected chi connectivity index (χ2v) is 9.49. The van der Waals surface area contributed by atoms with Crippen molar-refractivity contribution in [3.05, 3.63) is 117 Å². The van der Waals surface area contributed by atoms with Gasteiger partial charge in [0.1, 0.15) is 0 Å². The van der Waals surface area contributed by atoms with E-state index in [1.54, 1.807) is 0 Å². The third kappa shape index (κ3) is 4.03. The lowest BCUT2D eigenvalue weighted by molar-refractivity contribution is 0.333. The van der Waals surface area contributed by atoms with E-state index in [1.165, 1.54) is 5.56 Å². The van der Waals surface area contributed by atoms with Crippen LogP contribution in [0.1, 0.15) is 36.4 Å². The van der Waals surface area contributed by atoms with Crippen LogP contribution < -0.4 is 5.43 Å². The van der Waals surface area contributed by atoms with Crippen LogP contribution in [-0.2, 0) is 12.0 Å². The molecule has 0 unspecified atom stereocenters. The predicted molar refractivity (Wildman–Crippen MR) is 135 cm³/mol. The molecule has 0 aliphatic heterocycles. The van der Waals surface area contributed by atoms with Gasteiger partial charge in [-0.3, -0.25) is 4.79 Å². The molecule has 0 aliphatic rings. The first-order valence-corrected chi connectivity index (χ1v) is 11.5. The molecule has 0 saturated carbocycles. The Bertz CT molecular complexity index is 1530. The highest BCUT2D eigenvalue weighted by atomic mass is 35.5. The molecule has 2 heterocycles. The quantitative estimate of drug-likeness (QED) is 0.299. The van der Waals surface area contributed by atoms with E-state index in [9.17, 15) is 4.79 Å². The molecule has 5 aromatic rings. The molecule has 0 amide bonds. The summed E-state index contributed by atoms with van der Waals surface area (Å²) in [4.78, 5) is 18.1. The van der Waals surface area contributed by atoms with Crippen molar-refractivity contribution < 1.29 is 4.52 Å². The summed E-state index contributed by atoms with van der Waals surface area (Å²) in [5, 5.41) is 5.50. The third-order valence-electron chi connectivity index (χ3n) is 6.23. The zero-order valence-electron chi connectivity index (χ0n) is 19.2. The zero-order chi connectivity index (χ0) is 23.9. The van der Waals surface area contributed by atoms with Crippen LogP contribution in [-0.4, -0.2) is 14.7 Å². The van der Waals surface area contributed by atoms with Crippen LogP contribution in [0.3, 0.4) is 0 Å². The molecule has 3 aromatic carbocycles. The minimum absolute atomic E-state index is 0.122. The molecule has 170 valence electrons. The van der Waals surface area contributed by atoms with E-state index < -0.39 is 5.41 Å². The Morgan fingerprint density at radius 2 is 1.68 bits per heavy atom. The zero-order valence-corrected chi connectivity index (χ0v) is 20.0. The summed E-state index contributed by atoms with van der Waals surface area (Å²) < 4.78 is 7.72. The summed E-state index contributed by atoms with van der Waals surface area (Å²) in [6.45, 7) is 6.70. The first-order chi connectivity index (χ1) is 16.3. The summed E-state index contributed by atoms with van der Waals surface area (Å²) in [5.74, 6) is 0.749. The lowest BCUT2D eigenvalue weighted by Gasteiger charge is -2.20. The maximum absolute atomic E-state index is 13.4. The molecule has 0 bridgehead atoms. The van der Waals surface area contributed by atoms with E-state index in [1.807, 2.05) is 73.1 Å². The summed E-state index contributed by atoms with van der Waals surface area (Å²) >= 11 is 6.05. The average Bonchev–Trinajstić information content (AvgIpc) is 3.34. The maximum atomic E-state index is 13.4. The molecule has 5 rings (SSSR count). The molecular weight excluding hydrogens is 446 g/mol. The number of benzene rings is 3. The Morgan fingerprint density at radius 3 is 2.41 bits per heavy atom. The molecule has 5 nitrogen and oxygen atoms in total. The van der Waals surface area contributed by atoms with Crippen molar-refractivity contribution in [2.75, 3.05) is 0 Å². The molecule has 0 saturated heterocycles. The first-order valence-electron chi connectivity index (χ1n) is 11.1. The number of nitrogens with zero attached hydrogens (tertiary/aromatic N) is 3. The number of hydrogen-bond donors (Lipinski definition) is 0. The largest absolute Gasteiger partial charge is 0.342 e. The Hall–Kier alpha value is -3.70. The van der Waals surface area contributed by atoms with Crippen molar-refractivity contribution in [2.24, 2.45) is 0 Å². The van der Waals surface area contributed by atoms with Crippen molar-refractivity contribution in [2.45, 2.75) is 32.7 Å². The van der Waals surface area contributed by atoms with Gasteiger partial charge in [-0.2, -0.15) is 4.98 Å². The molecular formula is C28H24ClN3O2. The second kappa shape index (κ2) is 8.58. The minimum Gasteiger partial charge on any atom is -0.342 e. The van der Waals surface area contributed by atoms with Gasteiger partial charge in [0, 0.05) is 23.2 Å². The lowest BCUT2D eigenvalue weighted by atomic mass is 9.84. The van der Waals surface area contributed by atoms with Crippen molar-refractivity contribution in [1.29, 1.82) is 0 Å². The van der Waals surface area contributed by atoms with Gasteiger partial charge in [-0.25, -0.2) is 0 Å². The number of aryl methyl sites for hydroxylation is 1. The fourth-order valence-corrected chi connectivity index (χ4v) is 4.23. The molecule has 34 heavy (non-hydrogen) atoms. The third-order valence-corrected chi connectivity index (χ3v) is 6.48. The SMILES string of the molecule is Cc1ccc(C(C)(C)c2nc(-c3cn(Cc4ccc(Cl)cc4)c4ccccc4c3=O)no2)cc1. The van der Waals surface area contributed by atoms with Crippen molar-refractivity contribution in [3.63, 3.8) is 0 Å². The molecule has 0 spiro atoms. The van der Waals surface area contributed by atoms with E-state index in [0.717, 1.165) is 16.6 Å². The highest BCUT2D eigenvalue weighted by molar-refractivity contribution is 6.30. The van der Waals surface area contributed by atoms with Crippen LogP contribution in [0.25, 0.3) is 22.3 Å². The van der Waals surface area contributed by atoms with Crippen LogP contribution in [0, 0.1) is 6.92 Å². The smallest absolute Gasteiger partial charge is 0.237 e. The highest BCUT2D eigenvalue weighted by Crippen LogP contribution is 2.31. The van der Waals surface area contributed by atoms with Crippen LogP contribution in [0.15, 0.2) is 88.3 Å². The topological polar surface area (TPSA) is 60.9 Å². The average molecular weight is 470 g/mol. The Kier molecular flexibility index (Phi) is 5.58. The number of pyridine rings is 1. The summed E-state index contributed by atoms with van der Waals surface area (Å²) in [7, 11) is 0. The second-order valence-electron chi connectivity index (χ2n) is 9.06. The van der Waals surface area contributed by atoms with Crippen molar-refractivity contribution in [3.8, 4) is 11.4 Å². The molecule has 0 radical (unpaired) electrons. The minimum atomic E-state index is -0.502. The number of aromatic nitrogens is 3. The van der Waals surface area contributed by atoms with E-state index in [4.69, 9.17) is 16.1 Å². The number of fused-ring (bicyclic) bond motifs is 1. The number of para-hydroxylation sites is 1. The van der Waals surface area contributed by atoms with Crippen molar-refractivity contribution >= 4 is 22.5 Å². The summed E-state index contributed by atoms with van der Waals surface area (Å²) in [6.07, 6.45) is 1.81. The normalized spacial score (nSPS) is 11.8. The molecule has 2 aromatic heterocycles.